The first-order valence-corrected chi connectivity index (χ1v) is 25.9. The van der Waals surface area contributed by atoms with Gasteiger partial charge in [-0.15, -0.1) is 22.7 Å². The summed E-state index contributed by atoms with van der Waals surface area (Å²) in [5.74, 6) is -1.38. The molecule has 20 heteroatoms. The number of hydrogen-bond acceptors (Lipinski definition) is 13. The molecule has 3 aliphatic heterocycles. The lowest BCUT2D eigenvalue weighted by Gasteiger charge is -2.35. The number of pyridine rings is 1. The standard InChI is InChI=1S/C46H60N8O9S3/c1-26(2)47-44-50-34(25-65-44)33-20-36(30-15-14-28(62-6)18-32(30)48-33)63-29-19-35-40(55)52-46(42(57)58)21-27(46)12-10-8-7-9-11-13-31(41(56)54(35)22-29)49-43(59)51-39(45(3,4)5)24-53-23-37-38(16-17-64-37)66(53,60)61/h14-18,20,25-27,29,31,35,39H,7-13,19,21-24H2,1-6H3,(H,47,50)(H,52,55)(H,57,58)(H2,49,51,59)/t27?,29-,31+,35+,39-,46-/m1/s1. The Kier molecular flexibility index (Phi) is 13.6. The molecule has 6 atom stereocenters. The van der Waals surface area contributed by atoms with Gasteiger partial charge in [0.25, 0.3) is 0 Å². The molecule has 1 unspecified atom stereocenters. The van der Waals surface area contributed by atoms with Gasteiger partial charge in [-0.05, 0) is 68.0 Å². The van der Waals surface area contributed by atoms with Gasteiger partial charge in [0.2, 0.25) is 21.8 Å². The van der Waals surface area contributed by atoms with Crippen molar-refractivity contribution in [2.45, 2.75) is 140 Å². The van der Waals surface area contributed by atoms with Crippen LogP contribution in [0.1, 0.15) is 97.3 Å². The normalized spacial score (nSPS) is 25.2. The third kappa shape index (κ3) is 9.96. The Labute approximate surface area is 393 Å². The first kappa shape index (κ1) is 47.4. The van der Waals surface area contributed by atoms with Gasteiger partial charge in [0, 0.05) is 59.4 Å². The summed E-state index contributed by atoms with van der Waals surface area (Å²) in [5, 5.41) is 27.6. The SMILES string of the molecule is COc1ccc2c(O[C@@H]3C[C@H]4C(=O)N[C@]5(C(=O)O)CC5CCCCCCC[C@H](NC(=O)N[C@H](CN5Cc6sccc6S5(=O)=O)C(C)(C)C)C(=O)N4C3)cc(-c3csc(NC(C)C)n3)nc2c1. The summed E-state index contributed by atoms with van der Waals surface area (Å²) in [5.41, 5.74) is -0.244. The van der Waals surface area contributed by atoms with Crippen LogP contribution in [0, 0.1) is 11.3 Å². The lowest BCUT2D eigenvalue weighted by Crippen LogP contribution is -2.59. The maximum atomic E-state index is 15.0. The molecule has 66 heavy (non-hydrogen) atoms. The fraction of sp³-hybridized carbons (Fsp3) is 0.565. The Balaban J connectivity index is 1.08. The van der Waals surface area contributed by atoms with Crippen molar-refractivity contribution in [2.75, 3.05) is 25.5 Å². The Morgan fingerprint density at radius 1 is 1.03 bits per heavy atom. The predicted molar refractivity (Wildman–Crippen MR) is 252 cm³/mol. The van der Waals surface area contributed by atoms with Crippen LogP contribution in [-0.2, 0) is 31.0 Å². The number of amides is 4. The van der Waals surface area contributed by atoms with Crippen molar-refractivity contribution in [1.82, 2.24) is 35.1 Å². The fourth-order valence-electron chi connectivity index (χ4n) is 9.29. The molecule has 3 aromatic heterocycles. The van der Waals surface area contributed by atoms with Crippen LogP contribution in [0.3, 0.4) is 0 Å². The molecule has 0 radical (unpaired) electrons. The number of carboxylic acid groups (broad SMARTS) is 1. The lowest BCUT2D eigenvalue weighted by atomic mass is 9.86. The molecule has 1 saturated carbocycles. The zero-order chi connectivity index (χ0) is 47.1. The van der Waals surface area contributed by atoms with Crippen LogP contribution in [-0.4, -0.2) is 113 Å². The van der Waals surface area contributed by atoms with E-state index in [1.54, 1.807) is 36.8 Å². The predicted octanol–water partition coefficient (Wildman–Crippen LogP) is 6.59. The minimum Gasteiger partial charge on any atom is -0.497 e. The van der Waals surface area contributed by atoms with E-state index in [0.717, 1.165) is 35.7 Å². The number of sulfonamides is 1. The van der Waals surface area contributed by atoms with E-state index in [2.05, 4.69) is 21.3 Å². The molecule has 356 valence electrons. The topological polar surface area (TPSA) is 221 Å². The summed E-state index contributed by atoms with van der Waals surface area (Å²) in [7, 11) is -2.17. The van der Waals surface area contributed by atoms with Gasteiger partial charge in [-0.2, -0.15) is 4.31 Å². The summed E-state index contributed by atoms with van der Waals surface area (Å²) in [4.78, 5) is 68.5. The molecule has 4 aliphatic rings. The number of aliphatic carboxylic acids is 1. The van der Waals surface area contributed by atoms with Crippen molar-refractivity contribution in [3.8, 4) is 22.9 Å². The van der Waals surface area contributed by atoms with E-state index in [9.17, 15) is 27.9 Å². The number of anilines is 1. The highest BCUT2D eigenvalue weighted by atomic mass is 32.2. The second-order valence-corrected chi connectivity index (χ2v) is 23.1. The van der Waals surface area contributed by atoms with E-state index in [1.165, 1.54) is 31.9 Å². The number of ether oxygens (including phenoxy) is 2. The quantitative estimate of drug-likeness (QED) is 0.108. The average Bonchev–Trinajstić information content (AvgIpc) is 3.73. The number of methoxy groups -OCH3 is 1. The highest BCUT2D eigenvalue weighted by Crippen LogP contribution is 2.48. The summed E-state index contributed by atoms with van der Waals surface area (Å²) in [6.45, 7) is 10.0. The van der Waals surface area contributed by atoms with Crippen LogP contribution < -0.4 is 30.7 Å². The molecule has 6 heterocycles. The number of hydrogen-bond donors (Lipinski definition) is 5. The number of fused-ring (bicyclic) bond motifs is 4. The second-order valence-electron chi connectivity index (χ2n) is 19.3. The van der Waals surface area contributed by atoms with E-state index in [1.807, 2.05) is 46.1 Å². The molecule has 2 saturated heterocycles. The number of aromatic nitrogens is 2. The molecule has 8 rings (SSSR count). The van der Waals surface area contributed by atoms with Gasteiger partial charge in [0.15, 0.2) is 5.13 Å². The summed E-state index contributed by atoms with van der Waals surface area (Å²) < 4.78 is 40.5. The molecular weight excluding hydrogens is 905 g/mol. The smallest absolute Gasteiger partial charge is 0.329 e. The zero-order valence-corrected chi connectivity index (χ0v) is 40.7. The van der Waals surface area contributed by atoms with Crippen LogP contribution in [0.2, 0.25) is 0 Å². The molecule has 5 N–H and O–H groups in total. The first-order chi connectivity index (χ1) is 31.4. The molecule has 0 bridgehead atoms. The Morgan fingerprint density at radius 2 is 1.79 bits per heavy atom. The van der Waals surface area contributed by atoms with Crippen LogP contribution in [0.5, 0.6) is 11.5 Å². The molecule has 4 amide bonds. The molecule has 1 aromatic carbocycles. The number of urea groups is 1. The van der Waals surface area contributed by atoms with Crippen molar-refractivity contribution < 1.29 is 42.2 Å². The summed E-state index contributed by atoms with van der Waals surface area (Å²) in [6, 6.07) is 5.55. The van der Waals surface area contributed by atoms with Gasteiger partial charge >= 0.3 is 12.0 Å². The molecular formula is C46H60N8O9S3. The Morgan fingerprint density at radius 3 is 2.50 bits per heavy atom. The van der Waals surface area contributed by atoms with E-state index >= 15 is 4.79 Å². The van der Waals surface area contributed by atoms with Crippen molar-refractivity contribution in [2.24, 2.45) is 11.3 Å². The molecule has 1 aliphatic carbocycles. The van der Waals surface area contributed by atoms with Gasteiger partial charge in [-0.3, -0.25) is 9.59 Å². The Hall–Kier alpha value is -5.05. The lowest BCUT2D eigenvalue weighted by molar-refractivity contribution is -0.145. The number of rotatable bonds is 11. The number of carbonyl (C=O) groups is 4. The third-order valence-electron chi connectivity index (χ3n) is 13.2. The number of nitrogens with zero attached hydrogens (tertiary/aromatic N) is 4. The number of thiazole rings is 1. The third-order valence-corrected chi connectivity index (χ3v) is 16.9. The average molecular weight is 965 g/mol. The van der Waals surface area contributed by atoms with Crippen molar-refractivity contribution in [1.29, 1.82) is 0 Å². The van der Waals surface area contributed by atoms with E-state index in [0.29, 0.717) is 53.1 Å². The van der Waals surface area contributed by atoms with Crippen LogP contribution >= 0.6 is 22.7 Å². The maximum Gasteiger partial charge on any atom is 0.329 e. The monoisotopic (exact) mass is 964 g/mol. The number of thiophene rings is 1. The van der Waals surface area contributed by atoms with Crippen LogP contribution in [0.15, 0.2) is 46.0 Å². The molecule has 4 aromatic rings. The molecule has 17 nitrogen and oxygen atoms in total. The minimum absolute atomic E-state index is 0.0234. The molecule has 3 fully saturated rings. The largest absolute Gasteiger partial charge is 0.497 e. The van der Waals surface area contributed by atoms with Crippen molar-refractivity contribution in [3.05, 3.63) is 46.0 Å². The molecule has 0 spiro atoms. The van der Waals surface area contributed by atoms with Gasteiger partial charge in [0.05, 0.1) is 29.8 Å². The number of carbonyl (C=O) groups excluding carboxylic acids is 3. The summed E-state index contributed by atoms with van der Waals surface area (Å²) >= 11 is 2.83. The van der Waals surface area contributed by atoms with Gasteiger partial charge in [-0.1, -0.05) is 52.9 Å². The number of carboxylic acids is 1. The number of benzene rings is 1. The Bertz CT molecular complexity index is 2590. The van der Waals surface area contributed by atoms with E-state index < -0.39 is 69.0 Å². The van der Waals surface area contributed by atoms with Crippen LogP contribution in [0.4, 0.5) is 9.93 Å². The maximum absolute atomic E-state index is 15.0. The minimum atomic E-state index is -3.74. The number of nitrogens with one attached hydrogen (secondary N) is 4. The van der Waals surface area contributed by atoms with Gasteiger partial charge in [0.1, 0.15) is 40.9 Å². The zero-order valence-electron chi connectivity index (χ0n) is 38.2. The first-order valence-electron chi connectivity index (χ1n) is 22.7. The second kappa shape index (κ2) is 18.9. The van der Waals surface area contributed by atoms with Gasteiger partial charge < -0.3 is 40.7 Å². The van der Waals surface area contributed by atoms with Crippen molar-refractivity contribution in [3.63, 3.8) is 0 Å². The van der Waals surface area contributed by atoms with E-state index in [-0.39, 0.29) is 49.3 Å². The van der Waals surface area contributed by atoms with Gasteiger partial charge in [-0.25, -0.2) is 28.0 Å². The van der Waals surface area contributed by atoms with E-state index in [4.69, 9.17) is 19.4 Å². The van der Waals surface area contributed by atoms with Crippen LogP contribution in [0.25, 0.3) is 22.3 Å². The fourth-order valence-corrected chi connectivity index (χ4v) is 13.1. The highest BCUT2D eigenvalue weighted by Gasteiger charge is 2.62. The summed E-state index contributed by atoms with van der Waals surface area (Å²) in [6.07, 6.45) is 4.51. The highest BCUT2D eigenvalue weighted by molar-refractivity contribution is 7.89. The van der Waals surface area contributed by atoms with Crippen molar-refractivity contribution >= 4 is 72.5 Å².